The minimum Gasteiger partial charge on any atom is -0.396 e. The summed E-state index contributed by atoms with van der Waals surface area (Å²) in [6.07, 6.45) is -0.804. The van der Waals surface area contributed by atoms with Crippen molar-refractivity contribution >= 4 is 0 Å². The Bertz CT molecular complexity index is 63.3. The van der Waals surface area contributed by atoms with Crippen LogP contribution in [0.5, 0.6) is 0 Å². The van der Waals surface area contributed by atoms with Gasteiger partial charge >= 0.3 is 0 Å². The first-order valence-corrected chi connectivity index (χ1v) is 2.97. The Morgan fingerprint density at radius 2 is 1.89 bits per heavy atom. The minimum absolute atomic E-state index is 0.0477. The molecule has 0 bridgehead atoms. The van der Waals surface area contributed by atoms with Crippen molar-refractivity contribution in [2.45, 2.75) is 25.0 Å². The van der Waals surface area contributed by atoms with E-state index in [1.807, 2.05) is 0 Å². The topological polar surface area (TPSA) is 60.7 Å². The quantitative estimate of drug-likeness (QED) is 0.476. The monoisotopic (exact) mass is 133 g/mol. The average Bonchev–Trinajstić information content (AvgIpc) is 1.63. The van der Waals surface area contributed by atoms with E-state index in [1.165, 1.54) is 0 Å². The second-order valence-electron chi connectivity index (χ2n) is 2.06. The van der Waals surface area contributed by atoms with Crippen LogP contribution in [0, 0.1) is 6.92 Å². The molecular weight excluding hydrogens is 120 g/mol. The third-order valence-corrected chi connectivity index (χ3v) is 1.01. The van der Waals surface area contributed by atoms with E-state index >= 15 is 0 Å². The highest BCUT2D eigenvalue weighted by molar-refractivity contribution is 4.63. The summed E-state index contributed by atoms with van der Waals surface area (Å²) in [5.41, 5.74) is 0. The number of rotatable bonds is 4. The Morgan fingerprint density at radius 3 is 2.22 bits per heavy atom. The molecule has 0 aliphatic rings. The zero-order chi connectivity index (χ0) is 7.28. The largest absolute Gasteiger partial charge is 0.396 e. The van der Waals surface area contributed by atoms with E-state index in [4.69, 9.17) is 15.3 Å². The van der Waals surface area contributed by atoms with Gasteiger partial charge < -0.3 is 15.3 Å². The number of hydrogen-bond donors (Lipinski definition) is 3. The first kappa shape index (κ1) is 8.88. The van der Waals surface area contributed by atoms with Crippen molar-refractivity contribution in [3.8, 4) is 0 Å². The van der Waals surface area contributed by atoms with Gasteiger partial charge in [0, 0.05) is 6.61 Å². The Balaban J connectivity index is 3.15. The number of hydrogen-bond acceptors (Lipinski definition) is 3. The third-order valence-electron chi connectivity index (χ3n) is 1.01. The summed E-state index contributed by atoms with van der Waals surface area (Å²) in [5.74, 6) is 0. The summed E-state index contributed by atoms with van der Waals surface area (Å²) in [5, 5.41) is 25.7. The molecule has 2 atom stereocenters. The fourth-order valence-corrected chi connectivity index (χ4v) is 0.581. The Hall–Kier alpha value is -0.120. The average molecular weight is 133 g/mol. The summed E-state index contributed by atoms with van der Waals surface area (Å²) in [6.45, 7) is 3.23. The molecule has 0 heterocycles. The van der Waals surface area contributed by atoms with Crippen LogP contribution in [-0.2, 0) is 0 Å². The number of aliphatic hydroxyl groups excluding tert-OH is 3. The molecule has 0 rings (SSSR count). The summed E-state index contributed by atoms with van der Waals surface area (Å²) in [4.78, 5) is 0. The molecule has 3 N–H and O–H groups in total. The summed E-state index contributed by atoms with van der Waals surface area (Å²) in [7, 11) is 0. The zero-order valence-electron chi connectivity index (χ0n) is 5.32. The van der Waals surface area contributed by atoms with Crippen molar-refractivity contribution in [1.82, 2.24) is 0 Å². The fraction of sp³-hybridized carbons (Fsp3) is 0.833. The lowest BCUT2D eigenvalue weighted by atomic mass is 10.1. The van der Waals surface area contributed by atoms with Gasteiger partial charge in [0.05, 0.1) is 12.2 Å². The highest BCUT2D eigenvalue weighted by Crippen LogP contribution is 1.99. The molecule has 0 aliphatic carbocycles. The molecule has 0 aromatic rings. The molecule has 3 heteroatoms. The van der Waals surface area contributed by atoms with Crippen LogP contribution in [0.4, 0.5) is 0 Å². The molecule has 3 nitrogen and oxygen atoms in total. The predicted molar refractivity (Wildman–Crippen MR) is 33.7 cm³/mol. The fourth-order valence-electron chi connectivity index (χ4n) is 0.581. The van der Waals surface area contributed by atoms with Crippen molar-refractivity contribution < 1.29 is 15.3 Å². The van der Waals surface area contributed by atoms with Crippen LogP contribution >= 0.6 is 0 Å². The molecular formula is C6H13O3. The van der Waals surface area contributed by atoms with Crippen molar-refractivity contribution in [2.24, 2.45) is 0 Å². The van der Waals surface area contributed by atoms with Gasteiger partial charge in [0.25, 0.3) is 0 Å². The second-order valence-corrected chi connectivity index (χ2v) is 2.06. The first-order chi connectivity index (χ1) is 4.16. The van der Waals surface area contributed by atoms with Crippen molar-refractivity contribution in [2.75, 3.05) is 6.61 Å². The molecule has 9 heavy (non-hydrogen) atoms. The standard InChI is InChI=1S/C6H13O3/c1-5(8)4-6(9)2-3-7/h5-9H,1-4H2. The smallest absolute Gasteiger partial charge is 0.0586 e. The molecule has 55 valence electrons. The lowest BCUT2D eigenvalue weighted by Gasteiger charge is -2.09. The minimum atomic E-state index is -0.730. The van der Waals surface area contributed by atoms with Crippen LogP contribution < -0.4 is 0 Å². The van der Waals surface area contributed by atoms with Crippen LogP contribution in [-0.4, -0.2) is 34.1 Å². The molecule has 0 saturated carbocycles. The maximum Gasteiger partial charge on any atom is 0.0586 e. The molecule has 2 unspecified atom stereocenters. The predicted octanol–water partition coefficient (Wildman–Crippen LogP) is -0.685. The van der Waals surface area contributed by atoms with Gasteiger partial charge in [0.2, 0.25) is 0 Å². The Morgan fingerprint density at radius 1 is 1.33 bits per heavy atom. The summed E-state index contributed by atoms with van der Waals surface area (Å²) < 4.78 is 0. The van der Waals surface area contributed by atoms with E-state index in [-0.39, 0.29) is 13.0 Å². The van der Waals surface area contributed by atoms with Crippen molar-refractivity contribution in [1.29, 1.82) is 0 Å². The van der Waals surface area contributed by atoms with Crippen molar-refractivity contribution in [3.63, 3.8) is 0 Å². The molecule has 1 radical (unpaired) electrons. The molecule has 0 aliphatic heterocycles. The zero-order valence-corrected chi connectivity index (χ0v) is 5.32. The lowest BCUT2D eigenvalue weighted by Crippen LogP contribution is -2.16. The number of aliphatic hydroxyl groups is 3. The molecule has 0 saturated heterocycles. The van der Waals surface area contributed by atoms with Gasteiger partial charge in [-0.25, -0.2) is 0 Å². The summed E-state index contributed by atoms with van der Waals surface area (Å²) >= 11 is 0. The highest BCUT2D eigenvalue weighted by Gasteiger charge is 2.05. The molecule has 0 fully saturated rings. The van der Waals surface area contributed by atoms with E-state index in [1.54, 1.807) is 0 Å². The van der Waals surface area contributed by atoms with Crippen LogP contribution in [0.2, 0.25) is 0 Å². The maximum atomic E-state index is 8.86. The van der Waals surface area contributed by atoms with Gasteiger partial charge in [-0.3, -0.25) is 0 Å². The highest BCUT2D eigenvalue weighted by atomic mass is 16.3. The van der Waals surface area contributed by atoms with E-state index in [0.29, 0.717) is 6.42 Å². The Kier molecular flexibility index (Phi) is 4.67. The van der Waals surface area contributed by atoms with Crippen LogP contribution in [0.15, 0.2) is 0 Å². The van der Waals surface area contributed by atoms with Gasteiger partial charge in [-0.15, -0.1) is 0 Å². The van der Waals surface area contributed by atoms with E-state index in [9.17, 15) is 0 Å². The molecule has 0 aromatic heterocycles. The van der Waals surface area contributed by atoms with Crippen LogP contribution in [0.1, 0.15) is 12.8 Å². The van der Waals surface area contributed by atoms with E-state index < -0.39 is 12.2 Å². The normalized spacial score (nSPS) is 17.3. The van der Waals surface area contributed by atoms with Crippen molar-refractivity contribution in [3.05, 3.63) is 6.92 Å². The lowest BCUT2D eigenvalue weighted by molar-refractivity contribution is 0.0815. The summed E-state index contributed by atoms with van der Waals surface area (Å²) in [6, 6.07) is 0. The van der Waals surface area contributed by atoms with E-state index in [0.717, 1.165) is 0 Å². The van der Waals surface area contributed by atoms with Gasteiger partial charge in [-0.2, -0.15) is 0 Å². The first-order valence-electron chi connectivity index (χ1n) is 2.97. The van der Waals surface area contributed by atoms with Crippen LogP contribution in [0.3, 0.4) is 0 Å². The van der Waals surface area contributed by atoms with Gasteiger partial charge in [0.1, 0.15) is 0 Å². The second kappa shape index (κ2) is 4.73. The maximum absolute atomic E-state index is 8.86. The van der Waals surface area contributed by atoms with Crippen LogP contribution in [0.25, 0.3) is 0 Å². The Labute approximate surface area is 54.9 Å². The molecule has 0 amide bonds. The third kappa shape index (κ3) is 5.76. The van der Waals surface area contributed by atoms with Gasteiger partial charge in [-0.05, 0) is 19.8 Å². The van der Waals surface area contributed by atoms with E-state index in [2.05, 4.69) is 6.92 Å². The molecule has 0 spiro atoms. The SMILES string of the molecule is [CH2]C(O)CC(O)CCO. The van der Waals surface area contributed by atoms with Gasteiger partial charge in [-0.1, -0.05) is 0 Å². The molecule has 0 aromatic carbocycles. The van der Waals surface area contributed by atoms with Gasteiger partial charge in [0.15, 0.2) is 0 Å².